The molecule has 0 aliphatic rings. The molecule has 14 heavy (non-hydrogen) atoms. The molecule has 0 aliphatic carbocycles. The number of hydrogen-bond donors (Lipinski definition) is 1. The zero-order valence-electron chi connectivity index (χ0n) is 7.49. The minimum absolute atomic E-state index is 0.190. The van der Waals surface area contributed by atoms with Crippen LogP contribution in [0.4, 0.5) is 5.69 Å². The van der Waals surface area contributed by atoms with Crippen molar-refractivity contribution in [3.63, 3.8) is 0 Å². The molecular formula is C8H9ClN2O2S. The lowest BCUT2D eigenvalue weighted by Crippen LogP contribution is -2.04. The van der Waals surface area contributed by atoms with Gasteiger partial charge in [-0.25, -0.2) is 4.98 Å². The number of pyridine rings is 1. The quantitative estimate of drug-likeness (QED) is 0.633. The van der Waals surface area contributed by atoms with Crippen LogP contribution in [0.3, 0.4) is 0 Å². The van der Waals surface area contributed by atoms with E-state index in [0.717, 1.165) is 0 Å². The van der Waals surface area contributed by atoms with Gasteiger partial charge < -0.3 is 10.5 Å². The largest absolute Gasteiger partial charge is 0.468 e. The fourth-order valence-electron chi connectivity index (χ4n) is 0.749. The lowest BCUT2D eigenvalue weighted by molar-refractivity contribution is -0.137. The number of halogens is 1. The fraction of sp³-hybridized carbons (Fsp3) is 0.250. The Morgan fingerprint density at radius 2 is 2.50 bits per heavy atom. The van der Waals surface area contributed by atoms with Gasteiger partial charge >= 0.3 is 5.97 Å². The van der Waals surface area contributed by atoms with E-state index in [9.17, 15) is 4.79 Å². The van der Waals surface area contributed by atoms with E-state index in [1.807, 2.05) is 0 Å². The van der Waals surface area contributed by atoms with Crippen LogP contribution in [0, 0.1) is 0 Å². The zero-order valence-corrected chi connectivity index (χ0v) is 9.06. The number of thioether (sulfide) groups is 1. The number of esters is 1. The molecule has 0 aromatic carbocycles. The lowest BCUT2D eigenvalue weighted by atomic mass is 10.4. The highest BCUT2D eigenvalue weighted by Gasteiger charge is 2.06. The molecule has 76 valence electrons. The number of carbonyl (C=O) groups is 1. The molecule has 0 unspecified atom stereocenters. The molecule has 1 aromatic rings. The molecule has 1 rings (SSSR count). The van der Waals surface area contributed by atoms with Crippen LogP contribution in [0.15, 0.2) is 17.3 Å². The van der Waals surface area contributed by atoms with E-state index in [-0.39, 0.29) is 11.7 Å². The highest BCUT2D eigenvalue weighted by molar-refractivity contribution is 8.00. The van der Waals surface area contributed by atoms with Crippen molar-refractivity contribution < 1.29 is 9.53 Å². The highest BCUT2D eigenvalue weighted by atomic mass is 35.5. The van der Waals surface area contributed by atoms with Gasteiger partial charge in [0.05, 0.1) is 23.6 Å². The smallest absolute Gasteiger partial charge is 0.316 e. The molecule has 4 nitrogen and oxygen atoms in total. The molecule has 0 saturated carbocycles. The number of aromatic nitrogens is 1. The molecule has 1 aromatic heterocycles. The summed E-state index contributed by atoms with van der Waals surface area (Å²) in [5, 5.41) is 1.06. The summed E-state index contributed by atoms with van der Waals surface area (Å²) in [5.74, 6) is -0.124. The summed E-state index contributed by atoms with van der Waals surface area (Å²) < 4.78 is 4.48. The summed E-state index contributed by atoms with van der Waals surface area (Å²) in [6.07, 6.45) is 1.48. The molecule has 0 bridgehead atoms. The first-order valence-corrected chi connectivity index (χ1v) is 5.10. The molecule has 2 N–H and O–H groups in total. The van der Waals surface area contributed by atoms with Gasteiger partial charge in [0.2, 0.25) is 0 Å². The van der Waals surface area contributed by atoms with Crippen molar-refractivity contribution in [2.75, 3.05) is 18.6 Å². The van der Waals surface area contributed by atoms with Crippen LogP contribution >= 0.6 is 23.4 Å². The normalized spacial score (nSPS) is 9.86. The average molecular weight is 233 g/mol. The van der Waals surface area contributed by atoms with Gasteiger partial charge in [-0.05, 0) is 6.07 Å². The third kappa shape index (κ3) is 3.08. The maximum atomic E-state index is 10.8. The SMILES string of the molecule is COC(=O)CSc1ncc(Cl)cc1N. The molecule has 0 fully saturated rings. The second-order valence-corrected chi connectivity index (χ2v) is 3.81. The molecule has 0 atom stereocenters. The van der Waals surface area contributed by atoms with Crippen LogP contribution < -0.4 is 5.73 Å². The first kappa shape index (κ1) is 11.1. The number of nitrogens with two attached hydrogens (primary N) is 1. The first-order chi connectivity index (χ1) is 6.63. The summed E-state index contributed by atoms with van der Waals surface area (Å²) in [7, 11) is 1.33. The van der Waals surface area contributed by atoms with E-state index < -0.39 is 0 Å². The Labute approximate surface area is 90.8 Å². The number of rotatable bonds is 3. The Morgan fingerprint density at radius 1 is 1.79 bits per heavy atom. The minimum Gasteiger partial charge on any atom is -0.468 e. The number of nitrogen functional groups attached to an aromatic ring is 1. The van der Waals surface area contributed by atoms with E-state index in [4.69, 9.17) is 17.3 Å². The molecule has 6 heteroatoms. The maximum absolute atomic E-state index is 10.8. The van der Waals surface area contributed by atoms with Crippen molar-refractivity contribution in [1.82, 2.24) is 4.98 Å². The maximum Gasteiger partial charge on any atom is 0.316 e. The number of methoxy groups -OCH3 is 1. The van der Waals surface area contributed by atoms with Gasteiger partial charge in [-0.1, -0.05) is 23.4 Å². The predicted molar refractivity (Wildman–Crippen MR) is 56.4 cm³/mol. The van der Waals surface area contributed by atoms with Gasteiger partial charge in [-0.2, -0.15) is 0 Å². The van der Waals surface area contributed by atoms with E-state index in [1.54, 1.807) is 6.07 Å². The molecular weight excluding hydrogens is 224 g/mol. The predicted octanol–water partition coefficient (Wildman–Crippen LogP) is 1.58. The topological polar surface area (TPSA) is 65.2 Å². The standard InChI is InChI=1S/C8H9ClN2O2S/c1-13-7(12)4-14-8-6(10)2-5(9)3-11-8/h2-3H,4,10H2,1H3. The van der Waals surface area contributed by atoms with Crippen LogP contribution in [-0.4, -0.2) is 23.8 Å². The van der Waals surface area contributed by atoms with Gasteiger partial charge in [0, 0.05) is 6.20 Å². The summed E-state index contributed by atoms with van der Waals surface area (Å²) in [6, 6.07) is 1.59. The minimum atomic E-state index is -0.314. The molecule has 0 aliphatic heterocycles. The monoisotopic (exact) mass is 232 g/mol. The Kier molecular flexibility index (Phi) is 4.03. The van der Waals surface area contributed by atoms with Gasteiger partial charge in [-0.3, -0.25) is 4.79 Å². The van der Waals surface area contributed by atoms with Crippen molar-refractivity contribution in [3.05, 3.63) is 17.3 Å². The summed E-state index contributed by atoms with van der Waals surface area (Å²) in [5.41, 5.74) is 6.09. The molecule has 0 spiro atoms. The van der Waals surface area contributed by atoms with Crippen LogP contribution in [0.1, 0.15) is 0 Å². The van der Waals surface area contributed by atoms with Crippen LogP contribution in [-0.2, 0) is 9.53 Å². The van der Waals surface area contributed by atoms with E-state index in [0.29, 0.717) is 15.7 Å². The lowest BCUT2D eigenvalue weighted by Gasteiger charge is -2.03. The fourth-order valence-corrected chi connectivity index (χ4v) is 1.64. The molecule has 0 amide bonds. The number of anilines is 1. The summed E-state index contributed by atoms with van der Waals surface area (Å²) in [6.45, 7) is 0. The first-order valence-electron chi connectivity index (χ1n) is 3.74. The third-order valence-electron chi connectivity index (χ3n) is 1.40. The van der Waals surface area contributed by atoms with Crippen molar-refractivity contribution in [3.8, 4) is 0 Å². The van der Waals surface area contributed by atoms with Crippen molar-refractivity contribution in [2.45, 2.75) is 5.03 Å². The number of nitrogens with zero attached hydrogens (tertiary/aromatic N) is 1. The zero-order chi connectivity index (χ0) is 10.6. The van der Waals surface area contributed by atoms with E-state index >= 15 is 0 Å². The van der Waals surface area contributed by atoms with Crippen molar-refractivity contribution in [1.29, 1.82) is 0 Å². The van der Waals surface area contributed by atoms with Crippen LogP contribution in [0.25, 0.3) is 0 Å². The average Bonchev–Trinajstić information content (AvgIpc) is 2.16. The molecule has 0 radical (unpaired) electrons. The van der Waals surface area contributed by atoms with Gasteiger partial charge in [0.15, 0.2) is 0 Å². The van der Waals surface area contributed by atoms with Gasteiger partial charge in [-0.15, -0.1) is 0 Å². The summed E-state index contributed by atoms with van der Waals surface area (Å²) >= 11 is 6.88. The van der Waals surface area contributed by atoms with Crippen LogP contribution in [0.5, 0.6) is 0 Å². The van der Waals surface area contributed by atoms with Crippen molar-refractivity contribution >= 4 is 35.0 Å². The van der Waals surface area contributed by atoms with Gasteiger partial charge in [0.1, 0.15) is 5.03 Å². The number of carbonyl (C=O) groups excluding carboxylic acids is 1. The van der Waals surface area contributed by atoms with Crippen LogP contribution in [0.2, 0.25) is 5.02 Å². The molecule has 0 saturated heterocycles. The summed E-state index contributed by atoms with van der Waals surface area (Å²) in [4.78, 5) is 14.8. The Hall–Kier alpha value is -0.940. The number of ether oxygens (including phenoxy) is 1. The van der Waals surface area contributed by atoms with E-state index in [1.165, 1.54) is 25.1 Å². The van der Waals surface area contributed by atoms with Crippen molar-refractivity contribution in [2.24, 2.45) is 0 Å². The van der Waals surface area contributed by atoms with E-state index in [2.05, 4.69) is 9.72 Å². The number of hydrogen-bond acceptors (Lipinski definition) is 5. The second-order valence-electron chi connectivity index (χ2n) is 2.41. The Morgan fingerprint density at radius 3 is 3.07 bits per heavy atom. The Balaban J connectivity index is 2.63. The third-order valence-corrected chi connectivity index (χ3v) is 2.60. The molecule has 1 heterocycles. The second kappa shape index (κ2) is 5.07. The highest BCUT2D eigenvalue weighted by Crippen LogP contribution is 2.24. The van der Waals surface area contributed by atoms with Gasteiger partial charge in [0.25, 0.3) is 0 Å². The Bertz CT molecular complexity index is 346.